The van der Waals surface area contributed by atoms with E-state index in [1.165, 1.54) is 18.2 Å². The number of hydrogen-bond acceptors (Lipinski definition) is 3. The number of likely N-dealkylation sites (tertiary alicyclic amines) is 1. The zero-order valence-electron chi connectivity index (χ0n) is 14.7. The van der Waals surface area contributed by atoms with Crippen LogP contribution in [0.15, 0.2) is 30.6 Å². The van der Waals surface area contributed by atoms with Crippen LogP contribution in [0.1, 0.15) is 43.1 Å². The minimum atomic E-state index is -0.430. The number of aromatic nitrogens is 2. The summed E-state index contributed by atoms with van der Waals surface area (Å²) in [4.78, 5) is 11.1. The Morgan fingerprint density at radius 2 is 1.88 bits per heavy atom. The molecule has 1 fully saturated rings. The van der Waals surface area contributed by atoms with E-state index in [4.69, 9.17) is 0 Å². The molecule has 0 spiro atoms. The number of rotatable bonds is 6. The second-order valence-electron chi connectivity index (χ2n) is 6.84. The smallest absolute Gasteiger partial charge is 0.129 e. The van der Waals surface area contributed by atoms with Crippen molar-refractivity contribution in [3.05, 3.63) is 59.2 Å². The van der Waals surface area contributed by atoms with Crippen LogP contribution < -0.4 is 0 Å². The fourth-order valence-electron chi connectivity index (χ4n) is 3.55. The molecule has 1 aromatic carbocycles. The van der Waals surface area contributed by atoms with Gasteiger partial charge in [0.2, 0.25) is 0 Å². The van der Waals surface area contributed by atoms with Crippen LogP contribution in [0.3, 0.4) is 0 Å². The largest absolute Gasteiger partial charge is 0.299 e. The molecule has 0 amide bonds. The average molecular weight is 345 g/mol. The summed E-state index contributed by atoms with van der Waals surface area (Å²) in [6.07, 6.45) is 8.19. The van der Waals surface area contributed by atoms with Crippen molar-refractivity contribution in [2.75, 3.05) is 13.1 Å². The van der Waals surface area contributed by atoms with Crippen molar-refractivity contribution in [2.24, 2.45) is 5.92 Å². The Kier molecular flexibility index (Phi) is 6.08. The highest BCUT2D eigenvalue weighted by atomic mass is 19.1. The summed E-state index contributed by atoms with van der Waals surface area (Å²) < 4.78 is 27.5. The average Bonchev–Trinajstić information content (AvgIpc) is 2.62. The molecule has 3 rings (SSSR count). The van der Waals surface area contributed by atoms with Crippen LogP contribution in [0, 0.1) is 17.6 Å². The van der Waals surface area contributed by atoms with Gasteiger partial charge < -0.3 is 0 Å². The fourth-order valence-corrected chi connectivity index (χ4v) is 3.55. The second-order valence-corrected chi connectivity index (χ2v) is 6.84. The first kappa shape index (κ1) is 17.9. The second kappa shape index (κ2) is 8.48. The van der Waals surface area contributed by atoms with E-state index in [1.54, 1.807) is 0 Å². The summed E-state index contributed by atoms with van der Waals surface area (Å²) in [7, 11) is 0. The van der Waals surface area contributed by atoms with Gasteiger partial charge in [0.1, 0.15) is 17.5 Å². The van der Waals surface area contributed by atoms with Crippen LogP contribution in [0.25, 0.3) is 0 Å². The van der Waals surface area contributed by atoms with Crippen LogP contribution in [-0.4, -0.2) is 28.0 Å². The Bertz CT molecular complexity index is 668. The molecule has 1 saturated heterocycles. The lowest BCUT2D eigenvalue weighted by molar-refractivity contribution is 0.161. The van der Waals surface area contributed by atoms with Crippen LogP contribution in [-0.2, 0) is 19.4 Å². The maximum atomic E-state index is 13.8. The van der Waals surface area contributed by atoms with Crippen LogP contribution in [0.2, 0.25) is 0 Å². The van der Waals surface area contributed by atoms with E-state index in [0.717, 1.165) is 56.7 Å². The number of hydrogen-bond donors (Lipinski definition) is 0. The van der Waals surface area contributed by atoms with Gasteiger partial charge in [-0.1, -0.05) is 13.0 Å². The molecule has 1 aliphatic rings. The van der Waals surface area contributed by atoms with Gasteiger partial charge in [-0.15, -0.1) is 0 Å². The molecule has 134 valence electrons. The third kappa shape index (κ3) is 4.82. The van der Waals surface area contributed by atoms with E-state index in [9.17, 15) is 8.78 Å². The Labute approximate surface area is 148 Å². The summed E-state index contributed by atoms with van der Waals surface area (Å²) in [5.74, 6) is 0.484. The van der Waals surface area contributed by atoms with Crippen molar-refractivity contribution in [1.82, 2.24) is 14.9 Å². The molecule has 2 heterocycles. The third-order valence-electron chi connectivity index (χ3n) is 4.95. The molecule has 1 atom stereocenters. The van der Waals surface area contributed by atoms with Crippen LogP contribution in [0.5, 0.6) is 0 Å². The van der Waals surface area contributed by atoms with E-state index in [0.29, 0.717) is 12.3 Å². The van der Waals surface area contributed by atoms with Crippen molar-refractivity contribution in [3.8, 4) is 0 Å². The fraction of sp³-hybridized carbons (Fsp3) is 0.500. The van der Waals surface area contributed by atoms with Gasteiger partial charge in [0.25, 0.3) is 0 Å². The highest BCUT2D eigenvalue weighted by molar-refractivity contribution is 5.19. The molecular weight excluding hydrogens is 320 g/mol. The van der Waals surface area contributed by atoms with Crippen LogP contribution >= 0.6 is 0 Å². The van der Waals surface area contributed by atoms with Gasteiger partial charge in [-0.05, 0) is 50.3 Å². The third-order valence-corrected chi connectivity index (χ3v) is 4.95. The molecule has 1 aliphatic heterocycles. The predicted molar refractivity (Wildman–Crippen MR) is 94.1 cm³/mol. The van der Waals surface area contributed by atoms with E-state index in [1.807, 2.05) is 19.3 Å². The van der Waals surface area contributed by atoms with E-state index < -0.39 is 11.6 Å². The van der Waals surface area contributed by atoms with Crippen molar-refractivity contribution < 1.29 is 8.78 Å². The van der Waals surface area contributed by atoms with E-state index >= 15 is 0 Å². The van der Waals surface area contributed by atoms with Gasteiger partial charge >= 0.3 is 0 Å². The number of benzene rings is 1. The lowest BCUT2D eigenvalue weighted by atomic mass is 9.91. The molecular formula is C20H25F2N3. The molecule has 0 N–H and O–H groups in total. The van der Waals surface area contributed by atoms with Gasteiger partial charge in [-0.25, -0.2) is 18.7 Å². The maximum Gasteiger partial charge on any atom is 0.129 e. The quantitative estimate of drug-likeness (QED) is 0.787. The summed E-state index contributed by atoms with van der Waals surface area (Å²) >= 11 is 0. The highest BCUT2D eigenvalue weighted by Crippen LogP contribution is 2.24. The Hall–Kier alpha value is -1.88. The normalized spacial score (nSPS) is 18.4. The molecule has 1 aromatic heterocycles. The SMILES string of the molecule is CCc1ncc(CN2CCC[C@@H](CCc3c(F)cccc3F)C2)cn1. The molecule has 2 aromatic rings. The first-order valence-electron chi connectivity index (χ1n) is 9.10. The Balaban J connectivity index is 1.54. The minimum Gasteiger partial charge on any atom is -0.299 e. The number of nitrogens with zero attached hydrogens (tertiary/aromatic N) is 3. The summed E-state index contributed by atoms with van der Waals surface area (Å²) in [5.41, 5.74) is 1.35. The monoisotopic (exact) mass is 345 g/mol. The lowest BCUT2D eigenvalue weighted by Crippen LogP contribution is -2.35. The highest BCUT2D eigenvalue weighted by Gasteiger charge is 2.21. The molecule has 25 heavy (non-hydrogen) atoms. The van der Waals surface area contributed by atoms with E-state index in [-0.39, 0.29) is 5.56 Å². The summed E-state index contributed by atoms with van der Waals surface area (Å²) in [5, 5.41) is 0. The maximum absolute atomic E-state index is 13.8. The molecule has 3 nitrogen and oxygen atoms in total. The minimum absolute atomic E-state index is 0.225. The van der Waals surface area contributed by atoms with Gasteiger partial charge in [-0.3, -0.25) is 4.90 Å². The molecule has 0 bridgehead atoms. The molecule has 0 saturated carbocycles. The van der Waals surface area contributed by atoms with Gasteiger partial charge in [0, 0.05) is 43.0 Å². The predicted octanol–water partition coefficient (Wildman–Crippen LogP) is 4.16. The van der Waals surface area contributed by atoms with Gasteiger partial charge in [-0.2, -0.15) is 0 Å². The molecule has 5 heteroatoms. The molecule has 0 unspecified atom stereocenters. The van der Waals surface area contributed by atoms with E-state index in [2.05, 4.69) is 14.9 Å². The summed E-state index contributed by atoms with van der Waals surface area (Å²) in [6, 6.07) is 4.10. The van der Waals surface area contributed by atoms with Crippen molar-refractivity contribution in [2.45, 2.75) is 45.6 Å². The Morgan fingerprint density at radius 1 is 1.16 bits per heavy atom. The zero-order chi connectivity index (χ0) is 17.6. The van der Waals surface area contributed by atoms with Crippen LogP contribution in [0.4, 0.5) is 8.78 Å². The van der Waals surface area contributed by atoms with Crippen molar-refractivity contribution in [1.29, 1.82) is 0 Å². The first-order valence-corrected chi connectivity index (χ1v) is 9.10. The number of halogens is 2. The molecule has 0 aliphatic carbocycles. The molecule has 0 radical (unpaired) electrons. The standard InChI is InChI=1S/C20H25F2N3/c1-2-20-23-11-16(12-24-20)14-25-10-4-5-15(13-25)8-9-17-18(21)6-3-7-19(17)22/h3,6-7,11-12,15H,2,4-5,8-10,13-14H2,1H3/t15-/m0/s1. The lowest BCUT2D eigenvalue weighted by Gasteiger charge is -2.32. The van der Waals surface area contributed by atoms with Gasteiger partial charge in [0.05, 0.1) is 0 Å². The van der Waals surface area contributed by atoms with Crippen molar-refractivity contribution in [3.63, 3.8) is 0 Å². The first-order chi connectivity index (χ1) is 12.2. The number of aryl methyl sites for hydroxylation is 1. The topological polar surface area (TPSA) is 29.0 Å². The Morgan fingerprint density at radius 3 is 2.56 bits per heavy atom. The summed E-state index contributed by atoms with van der Waals surface area (Å²) in [6.45, 7) is 4.91. The van der Waals surface area contributed by atoms with Gasteiger partial charge in [0.15, 0.2) is 0 Å². The zero-order valence-corrected chi connectivity index (χ0v) is 14.7. The number of piperidine rings is 1. The van der Waals surface area contributed by atoms with Crippen molar-refractivity contribution >= 4 is 0 Å².